The first kappa shape index (κ1) is 15.2. The molecule has 0 bridgehead atoms. The molecule has 0 aliphatic heterocycles. The SMILES string of the molecule is CCC(C)C(c1ccccc1)C(NC)C(C)(C)C. The highest BCUT2D eigenvalue weighted by Gasteiger charge is 2.34. The van der Waals surface area contributed by atoms with Gasteiger partial charge in [-0.05, 0) is 23.9 Å². The molecule has 0 aliphatic carbocycles. The van der Waals surface area contributed by atoms with Gasteiger partial charge in [-0.1, -0.05) is 71.4 Å². The number of nitrogens with one attached hydrogen (secondary N) is 1. The van der Waals surface area contributed by atoms with E-state index in [2.05, 4.69) is 77.3 Å². The van der Waals surface area contributed by atoms with E-state index in [-0.39, 0.29) is 5.41 Å². The second-order valence-corrected chi connectivity index (χ2v) is 6.45. The zero-order chi connectivity index (χ0) is 13.8. The molecule has 0 spiro atoms. The van der Waals surface area contributed by atoms with Gasteiger partial charge in [0.15, 0.2) is 0 Å². The molecule has 0 saturated heterocycles. The van der Waals surface area contributed by atoms with E-state index >= 15 is 0 Å². The van der Waals surface area contributed by atoms with Crippen molar-refractivity contribution in [2.24, 2.45) is 11.3 Å². The molecule has 0 aliphatic rings. The molecule has 1 heteroatoms. The maximum Gasteiger partial charge on any atom is 0.0184 e. The second kappa shape index (κ2) is 6.38. The molecule has 3 unspecified atom stereocenters. The fraction of sp³-hybridized carbons (Fsp3) is 0.647. The van der Waals surface area contributed by atoms with E-state index < -0.39 is 0 Å². The smallest absolute Gasteiger partial charge is 0.0184 e. The summed E-state index contributed by atoms with van der Waals surface area (Å²) in [5.74, 6) is 1.25. The van der Waals surface area contributed by atoms with Gasteiger partial charge < -0.3 is 5.32 Å². The summed E-state index contributed by atoms with van der Waals surface area (Å²) in [6, 6.07) is 11.4. The van der Waals surface area contributed by atoms with E-state index in [9.17, 15) is 0 Å². The fourth-order valence-corrected chi connectivity index (χ4v) is 2.93. The molecule has 0 radical (unpaired) electrons. The minimum Gasteiger partial charge on any atom is -0.316 e. The van der Waals surface area contributed by atoms with Gasteiger partial charge in [0.1, 0.15) is 0 Å². The van der Waals surface area contributed by atoms with Gasteiger partial charge in [0, 0.05) is 12.0 Å². The van der Waals surface area contributed by atoms with Crippen LogP contribution in [0.3, 0.4) is 0 Å². The topological polar surface area (TPSA) is 12.0 Å². The van der Waals surface area contributed by atoms with Crippen molar-refractivity contribution in [3.05, 3.63) is 35.9 Å². The predicted molar refractivity (Wildman–Crippen MR) is 80.9 cm³/mol. The lowest BCUT2D eigenvalue weighted by atomic mass is 9.70. The van der Waals surface area contributed by atoms with Crippen LogP contribution >= 0.6 is 0 Å². The first-order chi connectivity index (χ1) is 8.41. The molecular weight excluding hydrogens is 218 g/mol. The van der Waals surface area contributed by atoms with Crippen LogP contribution in [-0.2, 0) is 0 Å². The third-order valence-corrected chi connectivity index (χ3v) is 4.04. The Bertz CT molecular complexity index is 336. The van der Waals surface area contributed by atoms with Crippen LogP contribution in [0.25, 0.3) is 0 Å². The lowest BCUT2D eigenvalue weighted by molar-refractivity contribution is 0.205. The van der Waals surface area contributed by atoms with Crippen LogP contribution in [-0.4, -0.2) is 13.1 Å². The van der Waals surface area contributed by atoms with Crippen LogP contribution in [0, 0.1) is 11.3 Å². The van der Waals surface area contributed by atoms with E-state index in [1.165, 1.54) is 12.0 Å². The third-order valence-electron chi connectivity index (χ3n) is 4.04. The number of likely N-dealkylation sites (N-methyl/N-ethyl adjacent to an activating group) is 1. The van der Waals surface area contributed by atoms with Crippen LogP contribution in [0.15, 0.2) is 30.3 Å². The Balaban J connectivity index is 3.13. The maximum atomic E-state index is 3.56. The molecule has 1 rings (SSSR count). The number of rotatable bonds is 5. The van der Waals surface area contributed by atoms with E-state index in [1.807, 2.05) is 0 Å². The van der Waals surface area contributed by atoms with Gasteiger partial charge >= 0.3 is 0 Å². The number of hydrogen-bond donors (Lipinski definition) is 1. The molecule has 1 aromatic rings. The Morgan fingerprint density at radius 2 is 1.67 bits per heavy atom. The van der Waals surface area contributed by atoms with E-state index in [0.29, 0.717) is 17.9 Å². The predicted octanol–water partition coefficient (Wildman–Crippen LogP) is 4.45. The van der Waals surface area contributed by atoms with Gasteiger partial charge in [-0.15, -0.1) is 0 Å². The van der Waals surface area contributed by atoms with Gasteiger partial charge in [-0.3, -0.25) is 0 Å². The fourth-order valence-electron chi connectivity index (χ4n) is 2.93. The molecule has 0 aromatic heterocycles. The molecule has 0 fully saturated rings. The summed E-state index contributed by atoms with van der Waals surface area (Å²) in [5.41, 5.74) is 1.72. The van der Waals surface area contributed by atoms with Crippen molar-refractivity contribution in [1.82, 2.24) is 5.32 Å². The van der Waals surface area contributed by atoms with Crippen molar-refractivity contribution in [3.63, 3.8) is 0 Å². The zero-order valence-electron chi connectivity index (χ0n) is 12.8. The largest absolute Gasteiger partial charge is 0.316 e. The molecule has 18 heavy (non-hydrogen) atoms. The monoisotopic (exact) mass is 247 g/mol. The Morgan fingerprint density at radius 1 is 1.11 bits per heavy atom. The standard InChI is InChI=1S/C17H29N/c1-7-13(2)15(14-11-9-8-10-12-14)16(18-6)17(3,4)5/h8-13,15-16,18H,7H2,1-6H3. The molecule has 3 atom stereocenters. The maximum absolute atomic E-state index is 3.56. The Hall–Kier alpha value is -0.820. The average Bonchev–Trinajstić information content (AvgIpc) is 2.34. The van der Waals surface area contributed by atoms with Gasteiger partial charge in [0.25, 0.3) is 0 Å². The molecule has 102 valence electrons. The summed E-state index contributed by atoms with van der Waals surface area (Å²) >= 11 is 0. The van der Waals surface area contributed by atoms with Crippen molar-refractivity contribution < 1.29 is 0 Å². The average molecular weight is 247 g/mol. The first-order valence-electron chi connectivity index (χ1n) is 7.14. The summed E-state index contributed by atoms with van der Waals surface area (Å²) in [4.78, 5) is 0. The van der Waals surface area contributed by atoms with Crippen LogP contribution in [0.5, 0.6) is 0 Å². The lowest BCUT2D eigenvalue weighted by Crippen LogP contribution is -2.45. The van der Waals surface area contributed by atoms with Crippen LogP contribution in [0.1, 0.15) is 52.5 Å². The molecule has 1 N–H and O–H groups in total. The van der Waals surface area contributed by atoms with Crippen molar-refractivity contribution in [3.8, 4) is 0 Å². The highest BCUT2D eigenvalue weighted by atomic mass is 14.9. The van der Waals surface area contributed by atoms with Crippen molar-refractivity contribution >= 4 is 0 Å². The Kier molecular flexibility index (Phi) is 5.40. The minimum absolute atomic E-state index is 0.263. The Labute approximate surface area is 113 Å². The molecular formula is C17H29N. The van der Waals surface area contributed by atoms with Crippen molar-refractivity contribution in [1.29, 1.82) is 0 Å². The zero-order valence-corrected chi connectivity index (χ0v) is 12.8. The summed E-state index contributed by atoms with van der Waals surface area (Å²) in [6.07, 6.45) is 1.22. The number of hydrogen-bond acceptors (Lipinski definition) is 1. The van der Waals surface area contributed by atoms with Crippen LogP contribution in [0.4, 0.5) is 0 Å². The Morgan fingerprint density at radius 3 is 2.06 bits per heavy atom. The van der Waals surface area contributed by atoms with Crippen LogP contribution < -0.4 is 5.32 Å². The highest BCUT2D eigenvalue weighted by Crippen LogP contribution is 2.37. The van der Waals surface area contributed by atoms with Crippen molar-refractivity contribution in [2.75, 3.05) is 7.05 Å². The summed E-state index contributed by atoms with van der Waals surface area (Å²) in [6.45, 7) is 11.6. The van der Waals surface area contributed by atoms with E-state index in [4.69, 9.17) is 0 Å². The lowest BCUT2D eigenvalue weighted by Gasteiger charge is -2.40. The highest BCUT2D eigenvalue weighted by molar-refractivity contribution is 5.23. The van der Waals surface area contributed by atoms with Gasteiger partial charge in [-0.25, -0.2) is 0 Å². The van der Waals surface area contributed by atoms with Crippen molar-refractivity contribution in [2.45, 2.75) is 53.0 Å². The molecule has 0 heterocycles. The third kappa shape index (κ3) is 3.58. The van der Waals surface area contributed by atoms with E-state index in [0.717, 1.165) is 0 Å². The van der Waals surface area contributed by atoms with Gasteiger partial charge in [-0.2, -0.15) is 0 Å². The molecule has 0 amide bonds. The second-order valence-electron chi connectivity index (χ2n) is 6.45. The molecule has 0 saturated carbocycles. The van der Waals surface area contributed by atoms with Gasteiger partial charge in [0.2, 0.25) is 0 Å². The summed E-state index contributed by atoms with van der Waals surface area (Å²) < 4.78 is 0. The summed E-state index contributed by atoms with van der Waals surface area (Å²) in [7, 11) is 2.09. The molecule has 1 nitrogen and oxygen atoms in total. The quantitative estimate of drug-likeness (QED) is 0.810. The summed E-state index contributed by atoms with van der Waals surface area (Å²) in [5, 5.41) is 3.56. The first-order valence-corrected chi connectivity index (χ1v) is 7.14. The minimum atomic E-state index is 0.263. The molecule has 1 aromatic carbocycles. The normalized spacial score (nSPS) is 17.2. The van der Waals surface area contributed by atoms with Gasteiger partial charge in [0.05, 0.1) is 0 Å². The van der Waals surface area contributed by atoms with Crippen LogP contribution in [0.2, 0.25) is 0 Å². The van der Waals surface area contributed by atoms with E-state index in [1.54, 1.807) is 0 Å². The number of benzene rings is 1.